The first-order chi connectivity index (χ1) is 18.1. The molecule has 0 bridgehead atoms. The minimum Gasteiger partial charge on any atom is -0.366 e. The van der Waals surface area contributed by atoms with E-state index >= 15 is 0 Å². The Hall–Kier alpha value is -2.52. The van der Waals surface area contributed by atoms with Crippen molar-refractivity contribution in [2.45, 2.75) is 76.5 Å². The van der Waals surface area contributed by atoms with E-state index in [2.05, 4.69) is 31.0 Å². The fraction of sp³-hybridized carbons (Fsp3) is 0.483. The Morgan fingerprint density at radius 2 is 1.79 bits per heavy atom. The van der Waals surface area contributed by atoms with Gasteiger partial charge in [-0.15, -0.1) is 22.6 Å². The van der Waals surface area contributed by atoms with E-state index in [-0.39, 0.29) is 12.4 Å². The van der Waals surface area contributed by atoms with Gasteiger partial charge in [0, 0.05) is 23.9 Å². The van der Waals surface area contributed by atoms with Crippen molar-refractivity contribution in [3.05, 3.63) is 65.2 Å². The molecule has 2 aromatic carbocycles. The number of hydrogen-bond acceptors (Lipinski definition) is 4. The lowest BCUT2D eigenvalue weighted by Crippen LogP contribution is -2.10. The van der Waals surface area contributed by atoms with Gasteiger partial charge in [-0.2, -0.15) is 13.2 Å². The third-order valence-electron chi connectivity index (χ3n) is 7.25. The minimum atomic E-state index is -4.23. The summed E-state index contributed by atoms with van der Waals surface area (Å²) in [6, 6.07) is 12.9. The first-order valence-electron chi connectivity index (χ1n) is 13.2. The molecule has 4 rings (SSSR count). The standard InChI is InChI=1S/C15H19F3.C14H18N4OS.ClH/c1-3-9-14(4-2)10-13(14)11-5-7-12(8-6-11)15(16,17)18;1-3-4-8-20-14-17-16-13(18(14)2)11-7-5-6-10(9-11)12(15)19;/h5-8,13H,3-4,9-10H2,1-2H3;5-7,9H,3-4,8H2,1-2H3,(H2,15,19);1H. The minimum absolute atomic E-state index is 0. The molecular weight excluding hydrogens is 545 g/mol. The normalized spacial score (nSPS) is 18.1. The van der Waals surface area contributed by atoms with E-state index in [4.69, 9.17) is 5.73 Å². The number of carbonyl (C=O) groups excluding carboxylic acids is 1. The zero-order valence-corrected chi connectivity index (χ0v) is 24.6. The highest BCUT2D eigenvalue weighted by Crippen LogP contribution is 2.64. The van der Waals surface area contributed by atoms with Gasteiger partial charge in [0.25, 0.3) is 0 Å². The van der Waals surface area contributed by atoms with E-state index in [1.54, 1.807) is 42.1 Å². The largest absolute Gasteiger partial charge is 0.416 e. The molecule has 1 amide bonds. The Kier molecular flexibility index (Phi) is 11.9. The Morgan fingerprint density at radius 1 is 1.10 bits per heavy atom. The summed E-state index contributed by atoms with van der Waals surface area (Å²) < 4.78 is 39.4. The number of unbranched alkanes of at least 4 members (excludes halogenated alkanes) is 1. The SMILES string of the molecule is CCCC1(CC)CC1c1ccc(C(F)(F)F)cc1.CCCCSc1nnc(-c2cccc(C(N)=O)c2)n1C.Cl. The van der Waals surface area contributed by atoms with Crippen LogP contribution in [-0.4, -0.2) is 26.4 Å². The molecule has 1 aromatic heterocycles. The third-order valence-corrected chi connectivity index (χ3v) is 8.36. The van der Waals surface area contributed by atoms with Gasteiger partial charge in [-0.05, 0) is 66.8 Å². The van der Waals surface area contributed by atoms with Crippen LogP contribution in [0.15, 0.2) is 53.7 Å². The molecule has 214 valence electrons. The van der Waals surface area contributed by atoms with Crippen LogP contribution < -0.4 is 5.73 Å². The Bertz CT molecular complexity index is 1220. The van der Waals surface area contributed by atoms with Crippen LogP contribution in [0.3, 0.4) is 0 Å². The number of hydrogen-bond donors (Lipinski definition) is 1. The molecule has 2 atom stereocenters. The van der Waals surface area contributed by atoms with Gasteiger partial charge in [0.15, 0.2) is 11.0 Å². The molecule has 0 aliphatic heterocycles. The number of alkyl halides is 3. The molecule has 1 aliphatic rings. The quantitative estimate of drug-likeness (QED) is 0.193. The second-order valence-corrected chi connectivity index (χ2v) is 10.9. The molecule has 5 nitrogen and oxygen atoms in total. The second-order valence-electron chi connectivity index (χ2n) is 9.85. The molecule has 1 fully saturated rings. The summed E-state index contributed by atoms with van der Waals surface area (Å²) in [4.78, 5) is 11.2. The maximum atomic E-state index is 12.5. The number of nitrogens with two attached hydrogens (primary N) is 1. The number of thioether (sulfide) groups is 1. The number of amides is 1. The number of primary amides is 1. The molecule has 2 N–H and O–H groups in total. The van der Waals surface area contributed by atoms with E-state index in [1.807, 2.05) is 17.7 Å². The lowest BCUT2D eigenvalue weighted by Gasteiger charge is -2.14. The van der Waals surface area contributed by atoms with Crippen molar-refractivity contribution < 1.29 is 18.0 Å². The average molecular weight is 583 g/mol. The number of aromatic nitrogens is 3. The lowest BCUT2D eigenvalue weighted by atomic mass is 9.91. The van der Waals surface area contributed by atoms with Gasteiger partial charge in [-0.1, -0.05) is 69.6 Å². The van der Waals surface area contributed by atoms with Crippen LogP contribution in [0.4, 0.5) is 13.2 Å². The Labute approximate surface area is 239 Å². The number of benzene rings is 2. The highest BCUT2D eigenvalue weighted by atomic mass is 35.5. The van der Waals surface area contributed by atoms with Crippen molar-refractivity contribution in [1.29, 1.82) is 0 Å². The Morgan fingerprint density at radius 3 is 2.36 bits per heavy atom. The maximum absolute atomic E-state index is 12.5. The van der Waals surface area contributed by atoms with Crippen LogP contribution >= 0.6 is 24.2 Å². The molecule has 0 saturated heterocycles. The fourth-order valence-electron chi connectivity index (χ4n) is 4.88. The smallest absolute Gasteiger partial charge is 0.366 e. The lowest BCUT2D eigenvalue weighted by molar-refractivity contribution is -0.137. The Balaban J connectivity index is 0.000000268. The predicted molar refractivity (Wildman–Crippen MR) is 154 cm³/mol. The van der Waals surface area contributed by atoms with Crippen LogP contribution in [0.25, 0.3) is 11.4 Å². The van der Waals surface area contributed by atoms with Crippen molar-refractivity contribution in [3.8, 4) is 11.4 Å². The van der Waals surface area contributed by atoms with Crippen molar-refractivity contribution in [3.63, 3.8) is 0 Å². The van der Waals surface area contributed by atoms with E-state index in [0.717, 1.165) is 53.5 Å². The molecule has 39 heavy (non-hydrogen) atoms. The zero-order chi connectivity index (χ0) is 27.9. The van der Waals surface area contributed by atoms with Gasteiger partial charge in [-0.25, -0.2) is 0 Å². The third kappa shape index (κ3) is 8.24. The molecule has 3 aromatic rings. The zero-order valence-electron chi connectivity index (χ0n) is 22.9. The molecule has 10 heteroatoms. The number of rotatable bonds is 10. The van der Waals surface area contributed by atoms with Crippen molar-refractivity contribution >= 4 is 30.1 Å². The van der Waals surface area contributed by atoms with Crippen LogP contribution in [0, 0.1) is 5.41 Å². The molecular formula is C29H38ClF3N4OS. The highest BCUT2D eigenvalue weighted by molar-refractivity contribution is 7.99. The number of halogens is 4. The van der Waals surface area contributed by atoms with Gasteiger partial charge < -0.3 is 10.3 Å². The molecule has 1 aliphatic carbocycles. The molecule has 0 radical (unpaired) electrons. The number of carbonyl (C=O) groups is 1. The van der Waals surface area contributed by atoms with Crippen LogP contribution in [0.2, 0.25) is 0 Å². The summed E-state index contributed by atoms with van der Waals surface area (Å²) in [5.41, 5.74) is 7.49. The van der Waals surface area contributed by atoms with Gasteiger partial charge >= 0.3 is 6.18 Å². The van der Waals surface area contributed by atoms with E-state index < -0.39 is 17.6 Å². The summed E-state index contributed by atoms with van der Waals surface area (Å²) in [5.74, 6) is 1.80. The summed E-state index contributed by atoms with van der Waals surface area (Å²) in [6.07, 6.45) is 2.66. The topological polar surface area (TPSA) is 73.8 Å². The predicted octanol–water partition coefficient (Wildman–Crippen LogP) is 8.28. The molecule has 0 spiro atoms. The van der Waals surface area contributed by atoms with E-state index in [0.29, 0.717) is 16.9 Å². The monoisotopic (exact) mass is 582 g/mol. The molecule has 1 saturated carbocycles. The summed E-state index contributed by atoms with van der Waals surface area (Å²) in [6.45, 7) is 6.51. The first-order valence-corrected chi connectivity index (χ1v) is 14.1. The van der Waals surface area contributed by atoms with Crippen molar-refractivity contribution in [1.82, 2.24) is 14.8 Å². The van der Waals surface area contributed by atoms with Crippen LogP contribution in [-0.2, 0) is 13.2 Å². The van der Waals surface area contributed by atoms with Crippen LogP contribution in [0.1, 0.15) is 86.7 Å². The van der Waals surface area contributed by atoms with Gasteiger partial charge in [-0.3, -0.25) is 4.79 Å². The maximum Gasteiger partial charge on any atom is 0.416 e. The highest BCUT2D eigenvalue weighted by Gasteiger charge is 2.52. The van der Waals surface area contributed by atoms with E-state index in [9.17, 15) is 18.0 Å². The van der Waals surface area contributed by atoms with Gasteiger partial charge in [0.2, 0.25) is 5.91 Å². The van der Waals surface area contributed by atoms with E-state index in [1.165, 1.54) is 25.0 Å². The first kappa shape index (κ1) is 32.7. The average Bonchev–Trinajstić information content (AvgIpc) is 3.50. The fourth-order valence-corrected chi connectivity index (χ4v) is 5.87. The summed E-state index contributed by atoms with van der Waals surface area (Å²) in [7, 11) is 1.93. The molecule has 2 unspecified atom stereocenters. The van der Waals surface area contributed by atoms with Crippen molar-refractivity contribution in [2.24, 2.45) is 18.2 Å². The summed E-state index contributed by atoms with van der Waals surface area (Å²) >= 11 is 1.70. The molecule has 1 heterocycles. The summed E-state index contributed by atoms with van der Waals surface area (Å²) in [5, 5.41) is 9.29. The van der Waals surface area contributed by atoms with Crippen molar-refractivity contribution in [2.75, 3.05) is 5.75 Å². The van der Waals surface area contributed by atoms with Crippen LogP contribution in [0.5, 0.6) is 0 Å². The van der Waals surface area contributed by atoms with Gasteiger partial charge in [0.05, 0.1) is 5.56 Å². The van der Waals surface area contributed by atoms with Gasteiger partial charge in [0.1, 0.15) is 0 Å². The second kappa shape index (κ2) is 14.2. The number of nitrogens with zero attached hydrogens (tertiary/aromatic N) is 3.